The Kier molecular flexibility index (Phi) is 6.22. The lowest BCUT2D eigenvalue weighted by Gasteiger charge is -2.09. The van der Waals surface area contributed by atoms with E-state index in [2.05, 4.69) is 13.8 Å². The molecule has 0 saturated heterocycles. The molecule has 0 aromatic heterocycles. The zero-order chi connectivity index (χ0) is 13.4. The molecule has 1 rings (SSSR count). The molecule has 0 radical (unpaired) electrons. The summed E-state index contributed by atoms with van der Waals surface area (Å²) in [4.78, 5) is 10.5. The number of ether oxygens (including phenoxy) is 2. The molecule has 100 valence electrons. The molecular formula is C14H20O4. The summed E-state index contributed by atoms with van der Waals surface area (Å²) in [6.45, 7) is 6.00. The van der Waals surface area contributed by atoms with Gasteiger partial charge in [0.2, 0.25) is 0 Å². The molecule has 1 aromatic rings. The van der Waals surface area contributed by atoms with Crippen LogP contribution in [0.4, 0.5) is 0 Å². The second-order valence-corrected chi connectivity index (χ2v) is 4.53. The lowest BCUT2D eigenvalue weighted by atomic mass is 10.1. The van der Waals surface area contributed by atoms with Crippen LogP contribution in [0.5, 0.6) is 5.75 Å². The van der Waals surface area contributed by atoms with Crippen molar-refractivity contribution in [2.24, 2.45) is 5.92 Å². The zero-order valence-corrected chi connectivity index (χ0v) is 10.9. The second kappa shape index (κ2) is 7.71. The lowest BCUT2D eigenvalue weighted by Crippen LogP contribution is -2.10. The molecule has 0 aliphatic carbocycles. The summed E-state index contributed by atoms with van der Waals surface area (Å²) in [7, 11) is 0. The van der Waals surface area contributed by atoms with Crippen LogP contribution in [-0.2, 0) is 16.0 Å². The molecule has 4 heteroatoms. The normalized spacial score (nSPS) is 10.6. The molecule has 1 N–H and O–H groups in total. The van der Waals surface area contributed by atoms with Crippen LogP contribution in [0.25, 0.3) is 0 Å². The average molecular weight is 252 g/mol. The summed E-state index contributed by atoms with van der Waals surface area (Å²) in [6, 6.07) is 7.08. The number of rotatable bonds is 8. The van der Waals surface area contributed by atoms with E-state index in [1.54, 1.807) is 24.3 Å². The number of hydrogen-bond acceptors (Lipinski definition) is 3. The summed E-state index contributed by atoms with van der Waals surface area (Å²) in [5.41, 5.74) is 0.769. The smallest absolute Gasteiger partial charge is 0.307 e. The Hall–Kier alpha value is -1.55. The molecule has 0 atom stereocenters. The maximum absolute atomic E-state index is 10.5. The van der Waals surface area contributed by atoms with E-state index < -0.39 is 5.97 Å². The van der Waals surface area contributed by atoms with Gasteiger partial charge in [0.15, 0.2) is 0 Å². The van der Waals surface area contributed by atoms with E-state index >= 15 is 0 Å². The molecule has 0 unspecified atom stereocenters. The fourth-order valence-corrected chi connectivity index (χ4v) is 1.42. The third-order valence-corrected chi connectivity index (χ3v) is 2.23. The Morgan fingerprint density at radius 2 is 1.89 bits per heavy atom. The summed E-state index contributed by atoms with van der Waals surface area (Å²) in [5.74, 6) is 0.434. The highest BCUT2D eigenvalue weighted by Crippen LogP contribution is 2.12. The van der Waals surface area contributed by atoms with Crippen LogP contribution in [0, 0.1) is 5.92 Å². The van der Waals surface area contributed by atoms with Gasteiger partial charge in [-0.2, -0.15) is 0 Å². The standard InChI is InChI=1S/C14H20O4/c1-11(2)10-17-7-8-18-13-5-3-12(4-6-13)9-14(15)16/h3-6,11H,7-10H2,1-2H3,(H,15,16). The van der Waals surface area contributed by atoms with E-state index in [0.29, 0.717) is 19.1 Å². The second-order valence-electron chi connectivity index (χ2n) is 4.53. The molecular weight excluding hydrogens is 232 g/mol. The SMILES string of the molecule is CC(C)COCCOc1ccc(CC(=O)O)cc1. The first-order valence-corrected chi connectivity index (χ1v) is 6.09. The summed E-state index contributed by atoms with van der Waals surface area (Å²) >= 11 is 0. The van der Waals surface area contributed by atoms with E-state index in [1.807, 2.05) is 0 Å². The molecule has 0 heterocycles. The van der Waals surface area contributed by atoms with Crippen LogP contribution in [0.1, 0.15) is 19.4 Å². The van der Waals surface area contributed by atoms with E-state index in [-0.39, 0.29) is 6.42 Å². The molecule has 0 saturated carbocycles. The summed E-state index contributed by atoms with van der Waals surface area (Å²) < 4.78 is 10.9. The van der Waals surface area contributed by atoms with Gasteiger partial charge in [-0.25, -0.2) is 0 Å². The monoisotopic (exact) mass is 252 g/mol. The van der Waals surface area contributed by atoms with E-state index in [0.717, 1.165) is 17.9 Å². The number of carboxylic acids is 1. The third kappa shape index (κ3) is 6.25. The first-order valence-electron chi connectivity index (χ1n) is 6.09. The number of carbonyl (C=O) groups is 1. The predicted molar refractivity (Wildman–Crippen MR) is 68.9 cm³/mol. The van der Waals surface area contributed by atoms with Gasteiger partial charge in [-0.15, -0.1) is 0 Å². The minimum atomic E-state index is -0.828. The van der Waals surface area contributed by atoms with Gasteiger partial charge in [0, 0.05) is 6.61 Å². The van der Waals surface area contributed by atoms with Crippen LogP contribution >= 0.6 is 0 Å². The number of benzene rings is 1. The molecule has 18 heavy (non-hydrogen) atoms. The highest BCUT2D eigenvalue weighted by molar-refractivity contribution is 5.70. The molecule has 0 amide bonds. The molecule has 0 aliphatic rings. The highest BCUT2D eigenvalue weighted by atomic mass is 16.5. The van der Waals surface area contributed by atoms with Crippen molar-refractivity contribution < 1.29 is 19.4 Å². The lowest BCUT2D eigenvalue weighted by molar-refractivity contribution is -0.136. The number of carboxylic acid groups (broad SMARTS) is 1. The maximum atomic E-state index is 10.5. The van der Waals surface area contributed by atoms with Gasteiger partial charge in [0.25, 0.3) is 0 Å². The Morgan fingerprint density at radius 3 is 2.44 bits per heavy atom. The Labute approximate surface area is 108 Å². The fraction of sp³-hybridized carbons (Fsp3) is 0.500. The molecule has 4 nitrogen and oxygen atoms in total. The summed E-state index contributed by atoms with van der Waals surface area (Å²) in [5, 5.41) is 8.63. The van der Waals surface area contributed by atoms with E-state index in [1.165, 1.54) is 0 Å². The minimum absolute atomic E-state index is 0.0395. The van der Waals surface area contributed by atoms with Crippen LogP contribution < -0.4 is 4.74 Å². The van der Waals surface area contributed by atoms with Gasteiger partial charge in [-0.05, 0) is 23.6 Å². The number of hydrogen-bond donors (Lipinski definition) is 1. The Bertz CT molecular complexity index is 357. The van der Waals surface area contributed by atoms with Crippen LogP contribution in [-0.4, -0.2) is 30.9 Å². The van der Waals surface area contributed by atoms with Gasteiger partial charge >= 0.3 is 5.97 Å². The van der Waals surface area contributed by atoms with E-state index in [9.17, 15) is 4.79 Å². The minimum Gasteiger partial charge on any atom is -0.491 e. The molecule has 0 spiro atoms. The molecule has 0 bridgehead atoms. The Morgan fingerprint density at radius 1 is 1.22 bits per heavy atom. The quantitative estimate of drug-likeness (QED) is 0.722. The van der Waals surface area contributed by atoms with Crippen LogP contribution in [0.15, 0.2) is 24.3 Å². The van der Waals surface area contributed by atoms with Gasteiger partial charge in [0.05, 0.1) is 13.0 Å². The van der Waals surface area contributed by atoms with Gasteiger partial charge in [-0.3, -0.25) is 4.79 Å². The first kappa shape index (κ1) is 14.5. The highest BCUT2D eigenvalue weighted by Gasteiger charge is 2.01. The third-order valence-electron chi connectivity index (χ3n) is 2.23. The average Bonchev–Trinajstić information content (AvgIpc) is 2.30. The molecule has 1 aromatic carbocycles. The van der Waals surface area contributed by atoms with Crippen LogP contribution in [0.3, 0.4) is 0 Å². The molecule has 0 aliphatic heterocycles. The van der Waals surface area contributed by atoms with Crippen molar-refractivity contribution in [1.29, 1.82) is 0 Å². The van der Waals surface area contributed by atoms with Crippen molar-refractivity contribution >= 4 is 5.97 Å². The van der Waals surface area contributed by atoms with Crippen molar-refractivity contribution in [1.82, 2.24) is 0 Å². The van der Waals surface area contributed by atoms with Crippen molar-refractivity contribution in [3.05, 3.63) is 29.8 Å². The summed E-state index contributed by atoms with van der Waals surface area (Å²) in [6.07, 6.45) is 0.0395. The number of aliphatic carboxylic acids is 1. The van der Waals surface area contributed by atoms with E-state index in [4.69, 9.17) is 14.6 Å². The zero-order valence-electron chi connectivity index (χ0n) is 10.9. The van der Waals surface area contributed by atoms with Crippen molar-refractivity contribution in [3.63, 3.8) is 0 Å². The van der Waals surface area contributed by atoms with Gasteiger partial charge in [-0.1, -0.05) is 26.0 Å². The molecule has 0 fully saturated rings. The van der Waals surface area contributed by atoms with Gasteiger partial charge in [0.1, 0.15) is 12.4 Å². The maximum Gasteiger partial charge on any atom is 0.307 e. The fourth-order valence-electron chi connectivity index (χ4n) is 1.42. The van der Waals surface area contributed by atoms with Crippen molar-refractivity contribution in [2.75, 3.05) is 19.8 Å². The van der Waals surface area contributed by atoms with Crippen molar-refractivity contribution in [2.45, 2.75) is 20.3 Å². The first-order chi connectivity index (χ1) is 8.58. The van der Waals surface area contributed by atoms with Crippen LogP contribution in [0.2, 0.25) is 0 Å². The van der Waals surface area contributed by atoms with Crippen molar-refractivity contribution in [3.8, 4) is 5.75 Å². The predicted octanol–water partition coefficient (Wildman–Crippen LogP) is 2.37. The Balaban J connectivity index is 2.24. The largest absolute Gasteiger partial charge is 0.491 e. The topological polar surface area (TPSA) is 55.8 Å². The van der Waals surface area contributed by atoms with Gasteiger partial charge < -0.3 is 14.6 Å².